The molecule has 0 radical (unpaired) electrons. The van der Waals surface area contributed by atoms with Gasteiger partial charge in [-0.3, -0.25) is 0 Å². The Balaban J connectivity index is 1.98. The summed E-state index contributed by atoms with van der Waals surface area (Å²) in [7, 11) is 1.66. The van der Waals surface area contributed by atoms with Gasteiger partial charge in [0.1, 0.15) is 23.6 Å². The minimum absolute atomic E-state index is 0.153. The second-order valence-electron chi connectivity index (χ2n) is 4.21. The number of benzene rings is 1. The monoisotopic (exact) mass is 221 g/mol. The fraction of sp³-hybridized carbons (Fsp3) is 0.500. The topological polar surface area (TPSA) is 39.7 Å². The first-order chi connectivity index (χ1) is 7.84. The SMILES string of the molecule is COc1ccc2c(c1)OC[C@]21COCCN1. The normalized spacial score (nSPS) is 27.6. The van der Waals surface area contributed by atoms with Gasteiger partial charge in [0.25, 0.3) is 0 Å². The maximum atomic E-state index is 5.71. The van der Waals surface area contributed by atoms with Gasteiger partial charge in [0.2, 0.25) is 0 Å². The zero-order valence-electron chi connectivity index (χ0n) is 9.29. The van der Waals surface area contributed by atoms with Gasteiger partial charge < -0.3 is 19.5 Å². The number of methoxy groups -OCH3 is 1. The summed E-state index contributed by atoms with van der Waals surface area (Å²) >= 11 is 0. The number of hydrogen-bond acceptors (Lipinski definition) is 4. The lowest BCUT2D eigenvalue weighted by Crippen LogP contribution is -2.52. The van der Waals surface area contributed by atoms with Crippen molar-refractivity contribution in [2.24, 2.45) is 0 Å². The molecular formula is C12H15NO3. The molecule has 0 aliphatic carbocycles. The average molecular weight is 221 g/mol. The van der Waals surface area contributed by atoms with Crippen molar-refractivity contribution in [3.05, 3.63) is 23.8 Å². The smallest absolute Gasteiger partial charge is 0.128 e. The van der Waals surface area contributed by atoms with Crippen LogP contribution in [-0.4, -0.2) is 33.5 Å². The summed E-state index contributed by atoms with van der Waals surface area (Å²) in [6, 6.07) is 5.95. The summed E-state index contributed by atoms with van der Waals surface area (Å²) in [5.74, 6) is 1.73. The van der Waals surface area contributed by atoms with Crippen LogP contribution in [0.2, 0.25) is 0 Å². The molecule has 3 rings (SSSR count). The Morgan fingerprint density at radius 3 is 3.06 bits per heavy atom. The summed E-state index contributed by atoms with van der Waals surface area (Å²) in [4.78, 5) is 0. The molecule has 0 aromatic heterocycles. The third-order valence-electron chi connectivity index (χ3n) is 3.24. The first-order valence-electron chi connectivity index (χ1n) is 5.48. The minimum atomic E-state index is -0.153. The Bertz CT molecular complexity index is 399. The Morgan fingerprint density at radius 2 is 2.31 bits per heavy atom. The molecule has 4 nitrogen and oxygen atoms in total. The van der Waals surface area contributed by atoms with Crippen molar-refractivity contribution in [1.82, 2.24) is 5.32 Å². The fourth-order valence-electron chi connectivity index (χ4n) is 2.35. The van der Waals surface area contributed by atoms with Gasteiger partial charge in [-0.1, -0.05) is 0 Å². The molecule has 1 N–H and O–H groups in total. The summed E-state index contributed by atoms with van der Waals surface area (Å²) in [6.45, 7) is 2.95. The lowest BCUT2D eigenvalue weighted by atomic mass is 9.92. The highest BCUT2D eigenvalue weighted by Crippen LogP contribution is 2.40. The van der Waals surface area contributed by atoms with Crippen LogP contribution < -0.4 is 14.8 Å². The highest BCUT2D eigenvalue weighted by molar-refractivity contribution is 5.48. The van der Waals surface area contributed by atoms with Crippen LogP contribution in [0.1, 0.15) is 5.56 Å². The second-order valence-corrected chi connectivity index (χ2v) is 4.21. The van der Waals surface area contributed by atoms with Gasteiger partial charge in [-0.05, 0) is 12.1 Å². The zero-order chi connectivity index (χ0) is 11.0. The molecule has 1 aromatic carbocycles. The van der Waals surface area contributed by atoms with E-state index in [-0.39, 0.29) is 5.54 Å². The Hall–Kier alpha value is -1.26. The third-order valence-corrected chi connectivity index (χ3v) is 3.24. The third kappa shape index (κ3) is 1.37. The number of rotatable bonds is 1. The van der Waals surface area contributed by atoms with Crippen LogP contribution in [0, 0.1) is 0 Å². The van der Waals surface area contributed by atoms with Crippen molar-refractivity contribution in [1.29, 1.82) is 0 Å². The number of fused-ring (bicyclic) bond motifs is 2. The number of hydrogen-bond donors (Lipinski definition) is 1. The minimum Gasteiger partial charge on any atom is -0.497 e. The number of morpholine rings is 1. The van der Waals surface area contributed by atoms with Gasteiger partial charge in [0.15, 0.2) is 0 Å². The maximum absolute atomic E-state index is 5.71. The summed E-state index contributed by atoms with van der Waals surface area (Å²) in [6.07, 6.45) is 0. The van der Waals surface area contributed by atoms with Crippen molar-refractivity contribution >= 4 is 0 Å². The first-order valence-corrected chi connectivity index (χ1v) is 5.48. The van der Waals surface area contributed by atoms with Crippen molar-refractivity contribution in [2.75, 3.05) is 33.5 Å². The number of ether oxygens (including phenoxy) is 3. The molecule has 2 aliphatic rings. The van der Waals surface area contributed by atoms with Crippen molar-refractivity contribution in [3.8, 4) is 11.5 Å². The molecular weight excluding hydrogens is 206 g/mol. The molecule has 4 heteroatoms. The molecule has 1 aromatic rings. The summed E-state index contributed by atoms with van der Waals surface area (Å²) < 4.78 is 16.4. The molecule has 1 fully saturated rings. The van der Waals surface area contributed by atoms with E-state index < -0.39 is 0 Å². The van der Waals surface area contributed by atoms with Crippen LogP contribution in [-0.2, 0) is 10.3 Å². The van der Waals surface area contributed by atoms with Gasteiger partial charge >= 0.3 is 0 Å². The Morgan fingerprint density at radius 1 is 1.38 bits per heavy atom. The van der Waals surface area contributed by atoms with E-state index in [2.05, 4.69) is 11.4 Å². The highest BCUT2D eigenvalue weighted by atomic mass is 16.5. The molecule has 1 spiro atoms. The molecule has 0 amide bonds. The van der Waals surface area contributed by atoms with Crippen LogP contribution in [0.25, 0.3) is 0 Å². The highest BCUT2D eigenvalue weighted by Gasteiger charge is 2.42. The van der Waals surface area contributed by atoms with Crippen molar-refractivity contribution < 1.29 is 14.2 Å². The molecule has 2 heterocycles. The van der Waals surface area contributed by atoms with E-state index in [0.29, 0.717) is 13.2 Å². The van der Waals surface area contributed by atoms with Crippen molar-refractivity contribution in [2.45, 2.75) is 5.54 Å². The Kier molecular flexibility index (Phi) is 2.26. The van der Waals surface area contributed by atoms with Gasteiger partial charge in [0.05, 0.1) is 20.3 Å². The number of nitrogens with one attached hydrogen (secondary N) is 1. The largest absolute Gasteiger partial charge is 0.497 e. The summed E-state index contributed by atoms with van der Waals surface area (Å²) in [5.41, 5.74) is 1.02. The van der Waals surface area contributed by atoms with Gasteiger partial charge in [-0.25, -0.2) is 0 Å². The van der Waals surface area contributed by atoms with E-state index in [1.807, 2.05) is 12.1 Å². The maximum Gasteiger partial charge on any atom is 0.128 e. The van der Waals surface area contributed by atoms with Crippen LogP contribution >= 0.6 is 0 Å². The molecule has 0 unspecified atom stereocenters. The molecule has 0 bridgehead atoms. The zero-order valence-corrected chi connectivity index (χ0v) is 9.29. The fourth-order valence-corrected chi connectivity index (χ4v) is 2.35. The standard InChI is InChI=1S/C12H15NO3/c1-14-9-2-3-10-11(6-9)16-8-12(10)7-15-5-4-13-12/h2-3,6,13H,4-5,7-8H2,1H3/t12-/m1/s1. The van der Waals surface area contributed by atoms with Gasteiger partial charge in [0, 0.05) is 18.2 Å². The van der Waals surface area contributed by atoms with Gasteiger partial charge in [-0.15, -0.1) is 0 Å². The Labute approximate surface area is 94.5 Å². The summed E-state index contributed by atoms with van der Waals surface area (Å²) in [5, 5.41) is 3.50. The van der Waals surface area contributed by atoms with E-state index >= 15 is 0 Å². The first kappa shape index (κ1) is 9.93. The van der Waals surface area contributed by atoms with Crippen LogP contribution in [0.5, 0.6) is 11.5 Å². The predicted molar refractivity (Wildman–Crippen MR) is 59.0 cm³/mol. The van der Waals surface area contributed by atoms with Crippen LogP contribution in [0.15, 0.2) is 18.2 Å². The molecule has 16 heavy (non-hydrogen) atoms. The van der Waals surface area contributed by atoms with Crippen LogP contribution in [0.3, 0.4) is 0 Å². The quantitative estimate of drug-likeness (QED) is 0.765. The van der Waals surface area contributed by atoms with E-state index in [1.54, 1.807) is 7.11 Å². The second kappa shape index (κ2) is 3.64. The molecule has 2 aliphatic heterocycles. The lowest BCUT2D eigenvalue weighted by molar-refractivity contribution is 0.0160. The predicted octanol–water partition coefficient (Wildman–Crippen LogP) is 0.903. The molecule has 86 valence electrons. The average Bonchev–Trinajstić information content (AvgIpc) is 2.69. The van der Waals surface area contributed by atoms with E-state index in [9.17, 15) is 0 Å². The lowest BCUT2D eigenvalue weighted by Gasteiger charge is -2.33. The van der Waals surface area contributed by atoms with Crippen LogP contribution in [0.4, 0.5) is 0 Å². The molecule has 1 saturated heterocycles. The van der Waals surface area contributed by atoms with Crippen molar-refractivity contribution in [3.63, 3.8) is 0 Å². The van der Waals surface area contributed by atoms with E-state index in [4.69, 9.17) is 14.2 Å². The van der Waals surface area contributed by atoms with Gasteiger partial charge in [-0.2, -0.15) is 0 Å². The van der Waals surface area contributed by atoms with E-state index in [0.717, 1.165) is 24.7 Å². The molecule has 1 atom stereocenters. The van der Waals surface area contributed by atoms with E-state index in [1.165, 1.54) is 5.56 Å². The molecule has 0 saturated carbocycles.